The summed E-state index contributed by atoms with van der Waals surface area (Å²) in [6, 6.07) is 9.69. The summed E-state index contributed by atoms with van der Waals surface area (Å²) in [7, 11) is 0. The molecule has 0 saturated heterocycles. The summed E-state index contributed by atoms with van der Waals surface area (Å²) in [6.45, 7) is 1.96. The van der Waals surface area contributed by atoms with Gasteiger partial charge in [0.15, 0.2) is 0 Å². The van der Waals surface area contributed by atoms with E-state index in [1.54, 1.807) is 12.1 Å². The number of carbonyl (C=O) groups excluding carboxylic acids is 1. The van der Waals surface area contributed by atoms with E-state index >= 15 is 0 Å². The average Bonchev–Trinajstić information content (AvgIpc) is 3.18. The van der Waals surface area contributed by atoms with Gasteiger partial charge in [-0.1, -0.05) is 23.7 Å². The van der Waals surface area contributed by atoms with Crippen molar-refractivity contribution >= 4 is 17.5 Å². The molecule has 1 aliphatic carbocycles. The van der Waals surface area contributed by atoms with Crippen LogP contribution in [0.3, 0.4) is 0 Å². The zero-order valence-electron chi connectivity index (χ0n) is 14.5. The van der Waals surface area contributed by atoms with Crippen molar-refractivity contribution in [2.24, 2.45) is 0 Å². The number of carbonyl (C=O) groups is 1. The van der Waals surface area contributed by atoms with Crippen molar-refractivity contribution in [3.05, 3.63) is 57.6 Å². The Morgan fingerprint density at radius 2 is 1.96 bits per heavy atom. The summed E-state index contributed by atoms with van der Waals surface area (Å²) >= 11 is 6.29. The number of ether oxygens (including phenoxy) is 2. The van der Waals surface area contributed by atoms with E-state index in [1.165, 1.54) is 11.1 Å². The first-order chi connectivity index (χ1) is 12.7. The summed E-state index contributed by atoms with van der Waals surface area (Å²) in [5.41, 5.74) is 4.09. The summed E-state index contributed by atoms with van der Waals surface area (Å²) in [6.07, 6.45) is 3.87. The molecule has 4 nitrogen and oxygen atoms in total. The molecule has 0 unspecified atom stereocenters. The Bertz CT molecular complexity index is 859. The monoisotopic (exact) mass is 369 g/mol. The summed E-state index contributed by atoms with van der Waals surface area (Å²) in [5, 5.41) is 0.506. The Morgan fingerprint density at radius 3 is 2.77 bits per heavy atom. The first kappa shape index (κ1) is 16.0. The molecule has 26 heavy (non-hydrogen) atoms. The third-order valence-electron chi connectivity index (χ3n) is 5.44. The van der Waals surface area contributed by atoms with Crippen LogP contribution < -0.4 is 9.47 Å². The molecule has 1 amide bonds. The van der Waals surface area contributed by atoms with Crippen LogP contribution in [-0.2, 0) is 19.4 Å². The number of hydrogen-bond donors (Lipinski definition) is 0. The number of amides is 1. The van der Waals surface area contributed by atoms with Gasteiger partial charge in [0.1, 0.15) is 11.5 Å². The van der Waals surface area contributed by atoms with E-state index < -0.39 is 0 Å². The molecule has 0 N–H and O–H groups in total. The third-order valence-corrected chi connectivity index (χ3v) is 5.77. The Kier molecular flexibility index (Phi) is 3.82. The quantitative estimate of drug-likeness (QED) is 0.817. The van der Waals surface area contributed by atoms with Crippen molar-refractivity contribution in [2.45, 2.75) is 38.3 Å². The average molecular weight is 370 g/mol. The number of benzene rings is 2. The van der Waals surface area contributed by atoms with Gasteiger partial charge >= 0.3 is 0 Å². The highest BCUT2D eigenvalue weighted by Crippen LogP contribution is 2.42. The van der Waals surface area contributed by atoms with E-state index in [2.05, 4.69) is 6.07 Å². The maximum Gasteiger partial charge on any atom is 0.255 e. The lowest BCUT2D eigenvalue weighted by molar-refractivity contribution is 0.0728. The minimum absolute atomic E-state index is 0.00126. The summed E-state index contributed by atoms with van der Waals surface area (Å²) in [5.74, 6) is 1.93. The van der Waals surface area contributed by atoms with Gasteiger partial charge in [0, 0.05) is 35.6 Å². The van der Waals surface area contributed by atoms with Crippen LogP contribution in [0.4, 0.5) is 0 Å². The normalized spacial score (nSPS) is 17.3. The van der Waals surface area contributed by atoms with Crippen LogP contribution >= 0.6 is 11.6 Å². The zero-order chi connectivity index (χ0) is 17.7. The Balaban J connectivity index is 1.53. The van der Waals surface area contributed by atoms with Crippen molar-refractivity contribution in [2.75, 3.05) is 13.2 Å². The SMILES string of the molecule is O=C(c1ccccc1Cl)N(Cc1c2c(cc3c1OCC3)OCC2)C1CC1. The van der Waals surface area contributed by atoms with Crippen LogP contribution in [0.15, 0.2) is 30.3 Å². The van der Waals surface area contributed by atoms with Gasteiger partial charge < -0.3 is 14.4 Å². The van der Waals surface area contributed by atoms with Crippen LogP contribution in [0.2, 0.25) is 5.02 Å². The molecule has 1 fully saturated rings. The Labute approximate surface area is 157 Å². The van der Waals surface area contributed by atoms with Gasteiger partial charge in [0.05, 0.1) is 30.3 Å². The zero-order valence-corrected chi connectivity index (χ0v) is 15.2. The molecule has 1 saturated carbocycles. The van der Waals surface area contributed by atoms with Crippen molar-refractivity contribution in [3.8, 4) is 11.5 Å². The highest BCUT2D eigenvalue weighted by Gasteiger charge is 2.36. The lowest BCUT2D eigenvalue weighted by Crippen LogP contribution is -2.33. The van der Waals surface area contributed by atoms with Crippen molar-refractivity contribution in [1.82, 2.24) is 4.90 Å². The van der Waals surface area contributed by atoms with E-state index in [-0.39, 0.29) is 11.9 Å². The first-order valence-electron chi connectivity index (χ1n) is 9.21. The molecule has 0 radical (unpaired) electrons. The van der Waals surface area contributed by atoms with E-state index in [0.717, 1.165) is 42.7 Å². The Hall–Kier alpha value is -2.20. The van der Waals surface area contributed by atoms with Crippen LogP contribution in [0, 0.1) is 0 Å². The molecule has 2 heterocycles. The largest absolute Gasteiger partial charge is 0.493 e. The van der Waals surface area contributed by atoms with Gasteiger partial charge in [0.25, 0.3) is 5.91 Å². The lowest BCUT2D eigenvalue weighted by Gasteiger charge is -2.25. The molecule has 5 heteroatoms. The van der Waals surface area contributed by atoms with Gasteiger partial charge in [-0.2, -0.15) is 0 Å². The van der Waals surface area contributed by atoms with Gasteiger partial charge in [-0.15, -0.1) is 0 Å². The van der Waals surface area contributed by atoms with Crippen molar-refractivity contribution < 1.29 is 14.3 Å². The molecular formula is C21H20ClNO3. The van der Waals surface area contributed by atoms with Crippen LogP contribution in [0.1, 0.15) is 39.9 Å². The van der Waals surface area contributed by atoms with Crippen LogP contribution in [0.5, 0.6) is 11.5 Å². The molecule has 134 valence electrons. The van der Waals surface area contributed by atoms with Crippen molar-refractivity contribution in [1.29, 1.82) is 0 Å². The second kappa shape index (κ2) is 6.20. The van der Waals surface area contributed by atoms with Gasteiger partial charge in [-0.25, -0.2) is 0 Å². The topological polar surface area (TPSA) is 38.8 Å². The van der Waals surface area contributed by atoms with E-state index in [4.69, 9.17) is 21.1 Å². The minimum atomic E-state index is 0.00126. The molecule has 2 aromatic rings. The molecule has 3 aliphatic rings. The highest BCUT2D eigenvalue weighted by atomic mass is 35.5. The van der Waals surface area contributed by atoms with E-state index in [1.807, 2.05) is 17.0 Å². The molecule has 2 aromatic carbocycles. The fourth-order valence-electron chi connectivity index (χ4n) is 3.96. The third kappa shape index (κ3) is 2.64. The number of fused-ring (bicyclic) bond motifs is 2. The van der Waals surface area contributed by atoms with Gasteiger partial charge in [-0.3, -0.25) is 4.79 Å². The first-order valence-corrected chi connectivity index (χ1v) is 9.59. The molecule has 0 spiro atoms. The second-order valence-corrected chi connectivity index (χ2v) is 7.57. The van der Waals surface area contributed by atoms with E-state index in [0.29, 0.717) is 30.3 Å². The second-order valence-electron chi connectivity index (χ2n) is 7.16. The standard InChI is InChI=1S/C21H20ClNO3/c22-18-4-2-1-3-16(18)21(24)23(14-5-6-14)12-17-15-8-10-25-19(15)11-13-7-9-26-20(13)17/h1-4,11,14H,5-10,12H2. The van der Waals surface area contributed by atoms with E-state index in [9.17, 15) is 4.79 Å². The summed E-state index contributed by atoms with van der Waals surface area (Å²) < 4.78 is 11.8. The molecule has 0 atom stereocenters. The highest BCUT2D eigenvalue weighted by molar-refractivity contribution is 6.33. The number of hydrogen-bond acceptors (Lipinski definition) is 3. The smallest absolute Gasteiger partial charge is 0.255 e. The van der Waals surface area contributed by atoms with Crippen LogP contribution in [0.25, 0.3) is 0 Å². The predicted octanol–water partition coefficient (Wildman–Crippen LogP) is 4.01. The number of rotatable bonds is 4. The molecule has 2 aliphatic heterocycles. The molecule has 5 rings (SSSR count). The molecule has 0 aromatic heterocycles. The van der Waals surface area contributed by atoms with Gasteiger partial charge in [0.2, 0.25) is 0 Å². The van der Waals surface area contributed by atoms with Crippen LogP contribution in [-0.4, -0.2) is 30.1 Å². The number of nitrogens with zero attached hydrogens (tertiary/aromatic N) is 1. The van der Waals surface area contributed by atoms with Gasteiger partial charge in [-0.05, 0) is 31.0 Å². The minimum Gasteiger partial charge on any atom is -0.493 e. The molecular weight excluding hydrogens is 350 g/mol. The maximum atomic E-state index is 13.2. The maximum absolute atomic E-state index is 13.2. The number of halogens is 1. The summed E-state index contributed by atoms with van der Waals surface area (Å²) in [4.78, 5) is 15.2. The fraction of sp³-hybridized carbons (Fsp3) is 0.381. The Morgan fingerprint density at radius 1 is 1.15 bits per heavy atom. The lowest BCUT2D eigenvalue weighted by atomic mass is 9.98. The fourth-order valence-corrected chi connectivity index (χ4v) is 4.18. The van der Waals surface area contributed by atoms with Crippen molar-refractivity contribution in [3.63, 3.8) is 0 Å². The predicted molar refractivity (Wildman–Crippen MR) is 99.2 cm³/mol. The molecule has 0 bridgehead atoms.